The Kier molecular flexibility index (Phi) is 4.30. The number of carboxylic acid groups (broad SMARTS) is 1. The zero-order chi connectivity index (χ0) is 22.4. The molecule has 0 saturated carbocycles. The Morgan fingerprint density at radius 2 is 1.27 bits per heavy atom. The average molecular weight is 430 g/mol. The first kappa shape index (κ1) is 19.0. The van der Waals surface area contributed by atoms with E-state index in [2.05, 4.69) is 9.97 Å². The Morgan fingerprint density at radius 1 is 0.667 bits per heavy atom. The molecule has 5 heterocycles. The number of rotatable bonds is 2. The average Bonchev–Trinajstić information content (AvgIpc) is 3.59. The lowest BCUT2D eigenvalue weighted by Gasteiger charge is -2.01. The molecule has 0 spiro atoms. The van der Waals surface area contributed by atoms with Gasteiger partial charge in [-0.3, -0.25) is 0 Å². The molecule has 0 atom stereocenters. The molecule has 2 aliphatic heterocycles. The largest absolute Gasteiger partial charge is 0.478 e. The zero-order valence-corrected chi connectivity index (χ0v) is 17.4. The van der Waals surface area contributed by atoms with Crippen molar-refractivity contribution < 1.29 is 9.90 Å². The zero-order valence-electron chi connectivity index (χ0n) is 17.4. The van der Waals surface area contributed by atoms with Gasteiger partial charge in [-0.05, 0) is 84.5 Å². The second-order valence-electron chi connectivity index (χ2n) is 7.97. The van der Waals surface area contributed by atoms with E-state index in [1.807, 2.05) is 72.8 Å². The summed E-state index contributed by atoms with van der Waals surface area (Å²) < 4.78 is 0. The highest BCUT2D eigenvalue weighted by atomic mass is 16.4. The predicted molar refractivity (Wildman–Crippen MR) is 131 cm³/mol. The van der Waals surface area contributed by atoms with Crippen LogP contribution in [0.3, 0.4) is 0 Å². The van der Waals surface area contributed by atoms with Crippen LogP contribution in [0, 0.1) is 0 Å². The second kappa shape index (κ2) is 7.46. The Bertz CT molecular complexity index is 1650. The van der Waals surface area contributed by atoms with Crippen molar-refractivity contribution >= 4 is 52.3 Å². The first-order chi connectivity index (χ1) is 16.1. The fourth-order valence-electron chi connectivity index (χ4n) is 4.08. The molecule has 1 aromatic carbocycles. The molecule has 158 valence electrons. The number of aromatic amines is 2. The van der Waals surface area contributed by atoms with Crippen LogP contribution in [0.2, 0.25) is 0 Å². The van der Waals surface area contributed by atoms with Crippen molar-refractivity contribution in [2.75, 3.05) is 0 Å². The molecule has 0 saturated heterocycles. The van der Waals surface area contributed by atoms with Crippen molar-refractivity contribution in [2.45, 2.75) is 0 Å². The van der Waals surface area contributed by atoms with Crippen LogP contribution in [0.25, 0.3) is 57.5 Å². The molecule has 0 aliphatic carbocycles. The molecule has 6 heteroatoms. The van der Waals surface area contributed by atoms with Crippen molar-refractivity contribution in [2.24, 2.45) is 0 Å². The minimum absolute atomic E-state index is 0.245. The van der Waals surface area contributed by atoms with Crippen molar-refractivity contribution in [3.05, 3.63) is 95.1 Å². The summed E-state index contributed by atoms with van der Waals surface area (Å²) in [5.41, 5.74) is 8.97. The van der Waals surface area contributed by atoms with Gasteiger partial charge in [-0.25, -0.2) is 14.8 Å². The smallest absolute Gasteiger partial charge is 0.335 e. The Morgan fingerprint density at radius 3 is 1.91 bits per heavy atom. The minimum Gasteiger partial charge on any atom is -0.478 e. The lowest BCUT2D eigenvalue weighted by atomic mass is 10.0. The monoisotopic (exact) mass is 430 g/mol. The third-order valence-corrected chi connectivity index (χ3v) is 5.59. The number of hydrogen-bond acceptors (Lipinski definition) is 3. The van der Waals surface area contributed by atoms with E-state index in [9.17, 15) is 9.90 Å². The molecular formula is C27H18N4O2. The maximum absolute atomic E-state index is 11.5. The summed E-state index contributed by atoms with van der Waals surface area (Å²) in [7, 11) is 0. The van der Waals surface area contributed by atoms with Crippen LogP contribution in [0.4, 0.5) is 0 Å². The molecule has 8 bridgehead atoms. The molecule has 3 N–H and O–H groups in total. The third kappa shape index (κ3) is 3.74. The number of carboxylic acids is 1. The van der Waals surface area contributed by atoms with Gasteiger partial charge < -0.3 is 15.1 Å². The van der Waals surface area contributed by atoms with E-state index in [4.69, 9.17) is 9.97 Å². The maximum Gasteiger partial charge on any atom is 0.335 e. The molecule has 3 aromatic heterocycles. The molecule has 2 aliphatic rings. The lowest BCUT2D eigenvalue weighted by molar-refractivity contribution is 0.0697. The number of benzene rings is 1. The Labute approximate surface area is 188 Å². The van der Waals surface area contributed by atoms with Crippen LogP contribution >= 0.6 is 0 Å². The number of aromatic nitrogens is 4. The molecule has 4 aromatic rings. The number of aromatic carboxylic acids is 1. The summed E-state index contributed by atoms with van der Waals surface area (Å²) >= 11 is 0. The molecule has 0 radical (unpaired) electrons. The third-order valence-electron chi connectivity index (χ3n) is 5.59. The summed E-state index contributed by atoms with van der Waals surface area (Å²) in [5, 5.41) is 9.43. The van der Waals surface area contributed by atoms with Gasteiger partial charge in [0, 0.05) is 27.6 Å². The lowest BCUT2D eigenvalue weighted by Crippen LogP contribution is -1.95. The van der Waals surface area contributed by atoms with Gasteiger partial charge in [0.05, 0.1) is 28.3 Å². The highest BCUT2D eigenvalue weighted by Crippen LogP contribution is 2.28. The normalized spacial score (nSPS) is 12.2. The molecule has 0 amide bonds. The molecule has 33 heavy (non-hydrogen) atoms. The van der Waals surface area contributed by atoms with Gasteiger partial charge in [0.15, 0.2) is 0 Å². The number of nitrogens with zero attached hydrogens (tertiary/aromatic N) is 2. The standard InChI is InChI=1S/C27H18N4O2/c32-27(33)17-3-1-2-16(10-17)25-14-24-13-22-7-6-20(29-22)11-18-4-5-19(28-18)12-21-8-9-23(30-21)15-26(25)31-24/h1-15,28,31H,(H,32,33). The fourth-order valence-corrected chi connectivity index (χ4v) is 4.08. The topological polar surface area (TPSA) is 94.7 Å². The van der Waals surface area contributed by atoms with Crippen LogP contribution in [0.1, 0.15) is 33.1 Å². The van der Waals surface area contributed by atoms with Crippen LogP contribution < -0.4 is 0 Å². The Hall–Kier alpha value is -4.71. The van der Waals surface area contributed by atoms with Gasteiger partial charge >= 0.3 is 5.97 Å². The van der Waals surface area contributed by atoms with Gasteiger partial charge in [-0.1, -0.05) is 12.1 Å². The van der Waals surface area contributed by atoms with Gasteiger partial charge in [0.1, 0.15) is 0 Å². The summed E-state index contributed by atoms with van der Waals surface area (Å²) in [6.07, 6.45) is 7.89. The number of nitrogens with one attached hydrogen (secondary N) is 2. The van der Waals surface area contributed by atoms with Crippen LogP contribution in [0.5, 0.6) is 0 Å². The SMILES string of the molecule is O=C(O)c1cccc(-c2cc3cc4nc(cc5ccc(cc6nc(cc2[nH]3)C=C6)[nH]5)C=C4)c1. The predicted octanol–water partition coefficient (Wildman–Crippen LogP) is 6.02. The molecule has 6 nitrogen and oxygen atoms in total. The van der Waals surface area contributed by atoms with E-state index in [1.54, 1.807) is 18.2 Å². The van der Waals surface area contributed by atoms with E-state index in [1.165, 1.54) is 0 Å². The second-order valence-corrected chi connectivity index (χ2v) is 7.97. The van der Waals surface area contributed by atoms with Crippen molar-refractivity contribution in [1.29, 1.82) is 0 Å². The van der Waals surface area contributed by atoms with Gasteiger partial charge in [-0.2, -0.15) is 0 Å². The van der Waals surface area contributed by atoms with Crippen molar-refractivity contribution in [3.8, 4) is 11.1 Å². The van der Waals surface area contributed by atoms with E-state index < -0.39 is 5.97 Å². The highest BCUT2D eigenvalue weighted by molar-refractivity contribution is 5.93. The van der Waals surface area contributed by atoms with Crippen molar-refractivity contribution in [1.82, 2.24) is 19.9 Å². The Balaban J connectivity index is 1.65. The molecule has 6 rings (SSSR count). The van der Waals surface area contributed by atoms with Crippen molar-refractivity contribution in [3.63, 3.8) is 0 Å². The van der Waals surface area contributed by atoms with E-state index >= 15 is 0 Å². The van der Waals surface area contributed by atoms with Crippen LogP contribution in [-0.2, 0) is 0 Å². The van der Waals surface area contributed by atoms with E-state index in [-0.39, 0.29) is 5.56 Å². The van der Waals surface area contributed by atoms with Gasteiger partial charge in [-0.15, -0.1) is 0 Å². The van der Waals surface area contributed by atoms with Crippen LogP contribution in [-0.4, -0.2) is 31.0 Å². The number of H-pyrrole nitrogens is 2. The summed E-state index contributed by atoms with van der Waals surface area (Å²) in [6, 6.07) is 20.9. The molecule has 0 unspecified atom stereocenters. The number of fused-ring (bicyclic) bond motifs is 8. The summed E-state index contributed by atoms with van der Waals surface area (Å²) in [4.78, 5) is 27.7. The fraction of sp³-hybridized carbons (Fsp3) is 0. The molecular weight excluding hydrogens is 412 g/mol. The first-order valence-electron chi connectivity index (χ1n) is 10.5. The number of hydrogen-bond donors (Lipinski definition) is 3. The van der Waals surface area contributed by atoms with E-state index in [0.29, 0.717) is 0 Å². The van der Waals surface area contributed by atoms with Gasteiger partial charge in [0.2, 0.25) is 0 Å². The van der Waals surface area contributed by atoms with Crippen LogP contribution in [0.15, 0.2) is 66.7 Å². The summed E-state index contributed by atoms with van der Waals surface area (Å²) in [5.74, 6) is -0.954. The quantitative estimate of drug-likeness (QED) is 0.313. The molecule has 0 fully saturated rings. The first-order valence-corrected chi connectivity index (χ1v) is 10.5. The minimum atomic E-state index is -0.954. The van der Waals surface area contributed by atoms with Gasteiger partial charge in [0.25, 0.3) is 0 Å². The van der Waals surface area contributed by atoms with E-state index in [0.717, 1.165) is 56.0 Å². The summed E-state index contributed by atoms with van der Waals surface area (Å²) in [6.45, 7) is 0. The maximum atomic E-state index is 11.5. The number of carbonyl (C=O) groups is 1. The highest BCUT2D eigenvalue weighted by Gasteiger charge is 2.10.